The zero-order valence-corrected chi connectivity index (χ0v) is 14.5. The maximum Gasteiger partial charge on any atom is 0.254 e. The first-order valence-electron chi connectivity index (χ1n) is 8.56. The highest BCUT2D eigenvalue weighted by atomic mass is 16.5. The minimum Gasteiger partial charge on any atom is -0.377 e. The van der Waals surface area contributed by atoms with Gasteiger partial charge < -0.3 is 19.2 Å². The molecule has 2 aromatic heterocycles. The number of hydrogen-bond donors (Lipinski definition) is 1. The van der Waals surface area contributed by atoms with Gasteiger partial charge in [-0.15, -0.1) is 0 Å². The summed E-state index contributed by atoms with van der Waals surface area (Å²) in [4.78, 5) is 22.6. The van der Waals surface area contributed by atoms with E-state index in [2.05, 4.69) is 21.5 Å². The summed E-state index contributed by atoms with van der Waals surface area (Å²) in [5.41, 5.74) is 2.87. The van der Waals surface area contributed by atoms with E-state index < -0.39 is 0 Å². The SMILES string of the molecule is COCc1ncc(C)n1C1CCN(C(=O)c2cccc3[nH]ccc23)C1. The van der Waals surface area contributed by atoms with Crippen molar-refractivity contribution in [3.63, 3.8) is 0 Å². The lowest BCUT2D eigenvalue weighted by Crippen LogP contribution is -2.29. The van der Waals surface area contributed by atoms with Crippen LogP contribution >= 0.6 is 0 Å². The molecule has 1 atom stereocenters. The second kappa shape index (κ2) is 6.37. The van der Waals surface area contributed by atoms with Crippen LogP contribution in [-0.4, -0.2) is 45.5 Å². The average molecular weight is 338 g/mol. The van der Waals surface area contributed by atoms with Crippen molar-refractivity contribution in [2.75, 3.05) is 20.2 Å². The molecule has 1 amide bonds. The summed E-state index contributed by atoms with van der Waals surface area (Å²) < 4.78 is 7.47. The van der Waals surface area contributed by atoms with Gasteiger partial charge in [0.2, 0.25) is 0 Å². The van der Waals surface area contributed by atoms with E-state index in [1.54, 1.807) is 7.11 Å². The number of nitrogens with zero attached hydrogens (tertiary/aromatic N) is 3. The predicted octanol–water partition coefficient (Wildman–Crippen LogP) is 2.91. The van der Waals surface area contributed by atoms with E-state index >= 15 is 0 Å². The Kier molecular flexibility index (Phi) is 4.05. The third-order valence-corrected chi connectivity index (χ3v) is 4.97. The molecule has 0 bridgehead atoms. The molecule has 25 heavy (non-hydrogen) atoms. The third-order valence-electron chi connectivity index (χ3n) is 4.97. The molecule has 1 aliphatic heterocycles. The normalized spacial score (nSPS) is 17.5. The number of rotatable bonds is 4. The number of amides is 1. The monoisotopic (exact) mass is 338 g/mol. The molecule has 1 aromatic carbocycles. The Labute approximate surface area is 146 Å². The first-order chi connectivity index (χ1) is 12.2. The lowest BCUT2D eigenvalue weighted by molar-refractivity contribution is 0.0789. The first kappa shape index (κ1) is 15.9. The van der Waals surface area contributed by atoms with Gasteiger partial charge in [0.25, 0.3) is 5.91 Å². The number of aromatic amines is 1. The zero-order valence-electron chi connectivity index (χ0n) is 14.5. The van der Waals surface area contributed by atoms with E-state index in [4.69, 9.17) is 4.74 Å². The number of aryl methyl sites for hydroxylation is 1. The minimum atomic E-state index is 0.0961. The lowest BCUT2D eigenvalue weighted by Gasteiger charge is -2.20. The average Bonchev–Trinajstić information content (AvgIpc) is 3.33. The van der Waals surface area contributed by atoms with E-state index in [0.717, 1.165) is 41.0 Å². The fourth-order valence-corrected chi connectivity index (χ4v) is 3.81. The maximum absolute atomic E-state index is 13.0. The van der Waals surface area contributed by atoms with Crippen LogP contribution in [0.4, 0.5) is 0 Å². The Hall–Kier alpha value is -2.60. The van der Waals surface area contributed by atoms with Crippen LogP contribution in [-0.2, 0) is 11.3 Å². The van der Waals surface area contributed by atoms with Gasteiger partial charge in [-0.2, -0.15) is 0 Å². The molecule has 0 radical (unpaired) electrons. The van der Waals surface area contributed by atoms with Crippen molar-refractivity contribution in [1.29, 1.82) is 0 Å². The van der Waals surface area contributed by atoms with Crippen molar-refractivity contribution >= 4 is 16.8 Å². The Balaban J connectivity index is 1.58. The predicted molar refractivity (Wildman–Crippen MR) is 95.5 cm³/mol. The number of H-pyrrole nitrogens is 1. The van der Waals surface area contributed by atoms with Gasteiger partial charge in [0, 0.05) is 54.8 Å². The summed E-state index contributed by atoms with van der Waals surface area (Å²) in [6.45, 7) is 4.00. The molecule has 6 nitrogen and oxygen atoms in total. The van der Waals surface area contributed by atoms with Crippen LogP contribution in [0.5, 0.6) is 0 Å². The molecule has 4 rings (SSSR count). The molecule has 0 aliphatic carbocycles. The number of aromatic nitrogens is 3. The second-order valence-corrected chi connectivity index (χ2v) is 6.56. The lowest BCUT2D eigenvalue weighted by atomic mass is 10.1. The quantitative estimate of drug-likeness (QED) is 0.795. The van der Waals surface area contributed by atoms with E-state index in [1.165, 1.54) is 0 Å². The van der Waals surface area contributed by atoms with Crippen molar-refractivity contribution in [3.05, 3.63) is 53.7 Å². The Morgan fingerprint density at radius 2 is 2.28 bits per heavy atom. The van der Waals surface area contributed by atoms with Crippen molar-refractivity contribution < 1.29 is 9.53 Å². The van der Waals surface area contributed by atoms with Crippen LogP contribution in [0.2, 0.25) is 0 Å². The summed E-state index contributed by atoms with van der Waals surface area (Å²) in [5.74, 6) is 1.02. The number of imidazole rings is 1. The van der Waals surface area contributed by atoms with Crippen LogP contribution in [0.1, 0.15) is 34.3 Å². The Bertz CT molecular complexity index is 911. The van der Waals surface area contributed by atoms with Gasteiger partial charge in [-0.1, -0.05) is 6.07 Å². The molecule has 1 saturated heterocycles. The number of hydrogen-bond acceptors (Lipinski definition) is 3. The minimum absolute atomic E-state index is 0.0961. The molecule has 0 spiro atoms. The zero-order chi connectivity index (χ0) is 17.4. The molecule has 130 valence electrons. The van der Waals surface area contributed by atoms with Crippen LogP contribution in [0.15, 0.2) is 36.7 Å². The number of carbonyl (C=O) groups is 1. The molecule has 1 N–H and O–H groups in total. The summed E-state index contributed by atoms with van der Waals surface area (Å²) in [7, 11) is 1.68. The van der Waals surface area contributed by atoms with Crippen molar-refractivity contribution in [1.82, 2.24) is 19.4 Å². The summed E-state index contributed by atoms with van der Waals surface area (Å²) in [6.07, 6.45) is 4.68. The Morgan fingerprint density at radius 3 is 3.12 bits per heavy atom. The summed E-state index contributed by atoms with van der Waals surface area (Å²) in [5, 5.41) is 0.981. The molecule has 6 heteroatoms. The fraction of sp³-hybridized carbons (Fsp3) is 0.368. The van der Waals surface area contributed by atoms with E-state index in [1.807, 2.05) is 41.6 Å². The highest BCUT2D eigenvalue weighted by Crippen LogP contribution is 2.28. The smallest absolute Gasteiger partial charge is 0.254 e. The van der Waals surface area contributed by atoms with Gasteiger partial charge in [0.15, 0.2) is 0 Å². The molecule has 3 heterocycles. The molecule has 0 saturated carbocycles. The summed E-state index contributed by atoms with van der Waals surface area (Å²) >= 11 is 0. The van der Waals surface area contributed by atoms with Gasteiger partial charge in [-0.3, -0.25) is 4.79 Å². The molecule has 3 aromatic rings. The number of nitrogens with one attached hydrogen (secondary N) is 1. The topological polar surface area (TPSA) is 63.1 Å². The van der Waals surface area contributed by atoms with Crippen LogP contribution in [0.3, 0.4) is 0 Å². The summed E-state index contributed by atoms with van der Waals surface area (Å²) in [6, 6.07) is 8.04. The van der Waals surface area contributed by atoms with Crippen molar-refractivity contribution in [2.24, 2.45) is 0 Å². The van der Waals surface area contributed by atoms with E-state index in [9.17, 15) is 4.79 Å². The van der Waals surface area contributed by atoms with Crippen molar-refractivity contribution in [3.8, 4) is 0 Å². The third kappa shape index (κ3) is 2.72. The van der Waals surface area contributed by atoms with Gasteiger partial charge in [-0.25, -0.2) is 4.98 Å². The van der Waals surface area contributed by atoms with Crippen LogP contribution in [0.25, 0.3) is 10.9 Å². The Morgan fingerprint density at radius 1 is 1.40 bits per heavy atom. The van der Waals surface area contributed by atoms with Crippen LogP contribution < -0.4 is 0 Å². The standard InChI is InChI=1S/C19H22N4O2/c1-13-10-21-18(12-25-2)23(13)14-7-9-22(11-14)19(24)16-4-3-5-17-15(16)6-8-20-17/h3-6,8,10,14,20H,7,9,11-12H2,1-2H3. The number of likely N-dealkylation sites (tertiary alicyclic amines) is 1. The molecule has 1 aliphatic rings. The molecular formula is C19H22N4O2. The van der Waals surface area contributed by atoms with E-state index in [-0.39, 0.29) is 11.9 Å². The highest BCUT2D eigenvalue weighted by molar-refractivity contribution is 6.06. The number of ether oxygens (including phenoxy) is 1. The largest absolute Gasteiger partial charge is 0.377 e. The maximum atomic E-state index is 13.0. The second-order valence-electron chi connectivity index (χ2n) is 6.56. The number of fused-ring (bicyclic) bond motifs is 1. The molecule has 1 unspecified atom stereocenters. The first-order valence-corrected chi connectivity index (χ1v) is 8.56. The molecule has 1 fully saturated rings. The van der Waals surface area contributed by atoms with Gasteiger partial charge in [-0.05, 0) is 31.5 Å². The number of benzene rings is 1. The van der Waals surface area contributed by atoms with E-state index in [0.29, 0.717) is 13.2 Å². The van der Waals surface area contributed by atoms with Gasteiger partial charge in [0.05, 0.1) is 6.04 Å². The molecular weight excluding hydrogens is 316 g/mol. The van der Waals surface area contributed by atoms with Gasteiger partial charge in [0.1, 0.15) is 12.4 Å². The van der Waals surface area contributed by atoms with Crippen LogP contribution in [0, 0.1) is 6.92 Å². The van der Waals surface area contributed by atoms with Gasteiger partial charge >= 0.3 is 0 Å². The fourth-order valence-electron chi connectivity index (χ4n) is 3.81. The number of methoxy groups -OCH3 is 1. The van der Waals surface area contributed by atoms with Crippen molar-refractivity contribution in [2.45, 2.75) is 26.0 Å². The highest BCUT2D eigenvalue weighted by Gasteiger charge is 2.30. The number of carbonyl (C=O) groups excluding carboxylic acids is 1.